The van der Waals surface area contributed by atoms with E-state index in [4.69, 9.17) is 4.74 Å². The number of halogens is 1. The first kappa shape index (κ1) is 13.3. The van der Waals surface area contributed by atoms with Crippen molar-refractivity contribution < 1.29 is 9.13 Å². The predicted octanol–water partition coefficient (Wildman–Crippen LogP) is 4.74. The third-order valence-electron chi connectivity index (χ3n) is 3.32. The summed E-state index contributed by atoms with van der Waals surface area (Å²) in [6.45, 7) is 0. The monoisotopic (exact) mass is 279 g/mol. The summed E-state index contributed by atoms with van der Waals surface area (Å²) >= 11 is 0. The normalized spacial score (nSPS) is 11.1. The fourth-order valence-electron chi connectivity index (χ4n) is 2.26. The van der Waals surface area contributed by atoms with Gasteiger partial charge in [0.25, 0.3) is 0 Å². The van der Waals surface area contributed by atoms with E-state index in [0.717, 1.165) is 27.8 Å². The molecule has 3 heteroatoms. The van der Waals surface area contributed by atoms with Gasteiger partial charge in [0.1, 0.15) is 11.6 Å². The molecule has 0 N–H and O–H groups in total. The summed E-state index contributed by atoms with van der Waals surface area (Å²) in [4.78, 5) is 4.39. The molecule has 3 rings (SSSR count). The molecule has 0 aromatic heterocycles. The third-order valence-corrected chi connectivity index (χ3v) is 3.32. The van der Waals surface area contributed by atoms with E-state index in [2.05, 4.69) is 4.99 Å². The number of nitrogens with zero attached hydrogens (tertiary/aromatic N) is 1. The molecule has 3 aromatic rings. The molecule has 0 aliphatic carbocycles. The SMILES string of the molecule is COc1ccc(C=Nc2ccc(F)cc2)c2ccccc12. The van der Waals surface area contributed by atoms with Crippen molar-refractivity contribution in [3.63, 3.8) is 0 Å². The number of hydrogen-bond donors (Lipinski definition) is 0. The molecule has 0 saturated carbocycles. The van der Waals surface area contributed by atoms with Crippen LogP contribution in [0.25, 0.3) is 10.8 Å². The molecular formula is C18H14FNO. The Kier molecular flexibility index (Phi) is 3.65. The predicted molar refractivity (Wildman–Crippen MR) is 84.2 cm³/mol. The first-order valence-electron chi connectivity index (χ1n) is 6.63. The maximum Gasteiger partial charge on any atom is 0.126 e. The van der Waals surface area contributed by atoms with Crippen molar-refractivity contribution in [2.45, 2.75) is 0 Å². The summed E-state index contributed by atoms with van der Waals surface area (Å²) in [6.07, 6.45) is 1.79. The van der Waals surface area contributed by atoms with Gasteiger partial charge in [-0.05, 0) is 41.8 Å². The summed E-state index contributed by atoms with van der Waals surface area (Å²) in [5.74, 6) is 0.577. The molecule has 2 nitrogen and oxygen atoms in total. The van der Waals surface area contributed by atoms with Gasteiger partial charge in [0, 0.05) is 17.2 Å². The summed E-state index contributed by atoms with van der Waals surface area (Å²) in [6, 6.07) is 18.0. The van der Waals surface area contributed by atoms with Crippen LogP contribution in [0.4, 0.5) is 10.1 Å². The van der Waals surface area contributed by atoms with Crippen LogP contribution < -0.4 is 4.74 Å². The minimum atomic E-state index is -0.260. The second-order valence-electron chi connectivity index (χ2n) is 4.64. The minimum absolute atomic E-state index is 0.260. The smallest absolute Gasteiger partial charge is 0.126 e. The summed E-state index contributed by atoms with van der Waals surface area (Å²) in [7, 11) is 1.66. The highest BCUT2D eigenvalue weighted by Crippen LogP contribution is 2.27. The quantitative estimate of drug-likeness (QED) is 0.635. The minimum Gasteiger partial charge on any atom is -0.496 e. The highest BCUT2D eigenvalue weighted by atomic mass is 19.1. The lowest BCUT2D eigenvalue weighted by Gasteiger charge is -2.07. The van der Waals surface area contributed by atoms with Crippen molar-refractivity contribution in [1.29, 1.82) is 0 Å². The van der Waals surface area contributed by atoms with Crippen LogP contribution in [0.2, 0.25) is 0 Å². The van der Waals surface area contributed by atoms with Gasteiger partial charge in [-0.25, -0.2) is 4.39 Å². The molecule has 0 bridgehead atoms. The number of hydrogen-bond acceptors (Lipinski definition) is 2. The number of methoxy groups -OCH3 is 1. The third kappa shape index (κ3) is 2.77. The van der Waals surface area contributed by atoms with Crippen LogP contribution in [0.15, 0.2) is 65.7 Å². The Labute approximate surface area is 122 Å². The van der Waals surface area contributed by atoms with Crippen LogP contribution in [-0.4, -0.2) is 13.3 Å². The zero-order valence-electron chi connectivity index (χ0n) is 11.6. The van der Waals surface area contributed by atoms with E-state index < -0.39 is 0 Å². The largest absolute Gasteiger partial charge is 0.496 e. The lowest BCUT2D eigenvalue weighted by Crippen LogP contribution is -1.89. The number of ether oxygens (including phenoxy) is 1. The molecule has 0 radical (unpaired) electrons. The van der Waals surface area contributed by atoms with Crippen molar-refractivity contribution in [3.05, 3.63) is 72.0 Å². The van der Waals surface area contributed by atoms with E-state index in [1.165, 1.54) is 12.1 Å². The van der Waals surface area contributed by atoms with E-state index >= 15 is 0 Å². The molecule has 0 saturated heterocycles. The maximum absolute atomic E-state index is 12.9. The molecule has 3 aromatic carbocycles. The van der Waals surface area contributed by atoms with Crippen LogP contribution in [0, 0.1) is 5.82 Å². The van der Waals surface area contributed by atoms with Gasteiger partial charge in [-0.1, -0.05) is 24.3 Å². The Morgan fingerprint density at radius 2 is 1.62 bits per heavy atom. The molecule has 0 atom stereocenters. The second-order valence-corrected chi connectivity index (χ2v) is 4.64. The standard InChI is InChI=1S/C18H14FNO/c1-21-18-11-6-13(16-4-2-3-5-17(16)18)12-20-15-9-7-14(19)8-10-15/h2-12H,1H3. The number of aliphatic imine (C=N–C) groups is 1. The van der Waals surface area contributed by atoms with E-state index in [1.807, 2.05) is 36.4 Å². The van der Waals surface area contributed by atoms with Crippen molar-refractivity contribution in [2.24, 2.45) is 4.99 Å². The van der Waals surface area contributed by atoms with Crippen LogP contribution in [0.1, 0.15) is 5.56 Å². The highest BCUT2D eigenvalue weighted by molar-refractivity contribution is 6.02. The molecular weight excluding hydrogens is 265 g/mol. The van der Waals surface area contributed by atoms with Crippen LogP contribution in [0.5, 0.6) is 5.75 Å². The Morgan fingerprint density at radius 3 is 2.33 bits per heavy atom. The van der Waals surface area contributed by atoms with Crippen molar-refractivity contribution in [2.75, 3.05) is 7.11 Å². The van der Waals surface area contributed by atoms with Crippen LogP contribution in [-0.2, 0) is 0 Å². The first-order chi connectivity index (χ1) is 10.3. The van der Waals surface area contributed by atoms with Gasteiger partial charge in [-0.2, -0.15) is 0 Å². The molecule has 21 heavy (non-hydrogen) atoms. The molecule has 0 aliphatic heterocycles. The van der Waals surface area contributed by atoms with Gasteiger partial charge in [0.15, 0.2) is 0 Å². The van der Waals surface area contributed by atoms with E-state index in [9.17, 15) is 4.39 Å². The van der Waals surface area contributed by atoms with Crippen molar-refractivity contribution in [3.8, 4) is 5.75 Å². The average molecular weight is 279 g/mol. The Balaban J connectivity index is 2.03. The Morgan fingerprint density at radius 1 is 0.905 bits per heavy atom. The van der Waals surface area contributed by atoms with Gasteiger partial charge in [-0.15, -0.1) is 0 Å². The van der Waals surface area contributed by atoms with E-state index in [-0.39, 0.29) is 5.82 Å². The molecule has 0 heterocycles. The Bertz CT molecular complexity index is 794. The van der Waals surface area contributed by atoms with Gasteiger partial charge in [-0.3, -0.25) is 4.99 Å². The fraction of sp³-hybridized carbons (Fsp3) is 0.0556. The Hall–Kier alpha value is -2.68. The van der Waals surface area contributed by atoms with Gasteiger partial charge >= 0.3 is 0 Å². The lowest BCUT2D eigenvalue weighted by atomic mass is 10.0. The molecule has 0 fully saturated rings. The molecule has 0 unspecified atom stereocenters. The van der Waals surface area contributed by atoms with E-state index in [1.54, 1.807) is 25.5 Å². The van der Waals surface area contributed by atoms with Gasteiger partial charge in [0.2, 0.25) is 0 Å². The number of fused-ring (bicyclic) bond motifs is 1. The zero-order chi connectivity index (χ0) is 14.7. The summed E-state index contributed by atoms with van der Waals surface area (Å²) in [5.41, 5.74) is 1.71. The summed E-state index contributed by atoms with van der Waals surface area (Å²) < 4.78 is 18.2. The van der Waals surface area contributed by atoms with Crippen LogP contribution in [0.3, 0.4) is 0 Å². The molecule has 104 valence electrons. The van der Waals surface area contributed by atoms with Gasteiger partial charge < -0.3 is 4.74 Å². The summed E-state index contributed by atoms with van der Waals surface area (Å²) in [5, 5.41) is 2.12. The number of rotatable bonds is 3. The molecule has 0 amide bonds. The average Bonchev–Trinajstić information content (AvgIpc) is 2.54. The molecule has 0 aliphatic rings. The maximum atomic E-state index is 12.9. The lowest BCUT2D eigenvalue weighted by molar-refractivity contribution is 0.420. The fourth-order valence-corrected chi connectivity index (χ4v) is 2.26. The zero-order valence-corrected chi connectivity index (χ0v) is 11.6. The number of benzene rings is 3. The van der Waals surface area contributed by atoms with E-state index in [0.29, 0.717) is 0 Å². The highest BCUT2D eigenvalue weighted by Gasteiger charge is 2.04. The topological polar surface area (TPSA) is 21.6 Å². The van der Waals surface area contributed by atoms with Crippen LogP contribution >= 0.6 is 0 Å². The van der Waals surface area contributed by atoms with Gasteiger partial charge in [0.05, 0.1) is 12.8 Å². The first-order valence-corrected chi connectivity index (χ1v) is 6.63. The van der Waals surface area contributed by atoms with Crippen molar-refractivity contribution >= 4 is 22.7 Å². The molecule has 0 spiro atoms. The second kappa shape index (κ2) is 5.75. The van der Waals surface area contributed by atoms with Crippen molar-refractivity contribution in [1.82, 2.24) is 0 Å².